The van der Waals surface area contributed by atoms with Crippen LogP contribution in [0.2, 0.25) is 0 Å². The zero-order valence-corrected chi connectivity index (χ0v) is 25.8. The molecule has 2 saturated carbocycles. The Hall–Kier alpha value is -3.25. The lowest BCUT2D eigenvalue weighted by Crippen LogP contribution is -2.80. The maximum Gasteiger partial charge on any atom is 0.309 e. The van der Waals surface area contributed by atoms with E-state index in [1.54, 1.807) is 46.8 Å². The van der Waals surface area contributed by atoms with Crippen molar-refractivity contribution in [3.8, 4) is 0 Å². The fraction of sp³-hybridized carbons (Fsp3) is 0.710. The van der Waals surface area contributed by atoms with Crippen molar-refractivity contribution in [1.82, 2.24) is 0 Å². The van der Waals surface area contributed by atoms with Crippen molar-refractivity contribution in [3.63, 3.8) is 0 Å². The Balaban J connectivity index is 1.87. The number of aliphatic hydroxyl groups is 1. The summed E-state index contributed by atoms with van der Waals surface area (Å²) in [6.07, 6.45) is -3.96. The molecule has 1 spiro atoms. The first-order valence-corrected chi connectivity index (χ1v) is 14.5. The molecule has 1 N–H and O–H groups in total. The normalized spacial score (nSPS) is 43.0. The quantitative estimate of drug-likeness (QED) is 0.386. The molecular formula is C31H40O12. The van der Waals surface area contributed by atoms with Gasteiger partial charge in [-0.05, 0) is 25.0 Å². The van der Waals surface area contributed by atoms with E-state index in [0.29, 0.717) is 0 Å². The van der Waals surface area contributed by atoms with Gasteiger partial charge in [-0.25, -0.2) is 0 Å². The molecule has 1 aromatic heterocycles. The number of ketones is 1. The second-order valence-corrected chi connectivity index (χ2v) is 13.5. The predicted molar refractivity (Wildman–Crippen MR) is 145 cm³/mol. The molecule has 43 heavy (non-hydrogen) atoms. The second-order valence-electron chi connectivity index (χ2n) is 13.5. The molecule has 236 valence electrons. The van der Waals surface area contributed by atoms with E-state index in [4.69, 9.17) is 28.1 Å². The molecule has 3 aliphatic heterocycles. The van der Waals surface area contributed by atoms with E-state index < -0.39 is 99.8 Å². The number of ether oxygens (including phenoxy) is 5. The van der Waals surface area contributed by atoms with Crippen molar-refractivity contribution >= 4 is 29.7 Å². The third kappa shape index (κ3) is 3.91. The van der Waals surface area contributed by atoms with Gasteiger partial charge in [0.25, 0.3) is 0 Å². The van der Waals surface area contributed by atoms with Crippen LogP contribution >= 0.6 is 0 Å². The van der Waals surface area contributed by atoms with E-state index in [-0.39, 0.29) is 18.6 Å². The molecule has 6 rings (SSSR count). The summed E-state index contributed by atoms with van der Waals surface area (Å²) in [6, 6.07) is 3.20. The third-order valence-corrected chi connectivity index (χ3v) is 11.2. The summed E-state index contributed by atoms with van der Waals surface area (Å²) in [5.74, 6) is -5.12. The second kappa shape index (κ2) is 9.88. The van der Waals surface area contributed by atoms with Crippen LogP contribution in [-0.4, -0.2) is 71.4 Å². The number of carbonyl (C=O) groups excluding carboxylic acids is 5. The predicted octanol–water partition coefficient (Wildman–Crippen LogP) is 2.84. The van der Waals surface area contributed by atoms with E-state index in [1.165, 1.54) is 20.3 Å². The van der Waals surface area contributed by atoms with Gasteiger partial charge >= 0.3 is 23.9 Å². The first-order chi connectivity index (χ1) is 19.9. The van der Waals surface area contributed by atoms with Crippen LogP contribution in [0.1, 0.15) is 79.6 Å². The molecule has 10 atom stereocenters. The lowest BCUT2D eigenvalue weighted by atomic mass is 9.41. The first kappa shape index (κ1) is 31.2. The van der Waals surface area contributed by atoms with Crippen LogP contribution < -0.4 is 0 Å². The monoisotopic (exact) mass is 604 g/mol. The fourth-order valence-electron chi connectivity index (χ4n) is 9.02. The van der Waals surface area contributed by atoms with Gasteiger partial charge < -0.3 is 33.2 Å². The van der Waals surface area contributed by atoms with Crippen LogP contribution in [-0.2, 0) is 47.7 Å². The Morgan fingerprint density at radius 3 is 2.26 bits per heavy atom. The summed E-state index contributed by atoms with van der Waals surface area (Å²) in [5, 5.41) is 13.2. The number of fused-ring (bicyclic) bond motifs is 1. The highest BCUT2D eigenvalue weighted by Crippen LogP contribution is 2.73. The Labute approximate surface area is 249 Å². The number of hydrogen-bond acceptors (Lipinski definition) is 12. The molecule has 2 aliphatic carbocycles. The first-order valence-electron chi connectivity index (χ1n) is 14.5. The van der Waals surface area contributed by atoms with Crippen molar-refractivity contribution in [2.45, 2.75) is 103 Å². The third-order valence-electron chi connectivity index (χ3n) is 11.2. The highest BCUT2D eigenvalue weighted by Gasteiger charge is 2.86. The van der Waals surface area contributed by atoms with Crippen LogP contribution in [0.4, 0.5) is 0 Å². The van der Waals surface area contributed by atoms with Gasteiger partial charge in [0, 0.05) is 43.4 Å². The van der Waals surface area contributed by atoms with Gasteiger partial charge in [0.05, 0.1) is 31.3 Å². The molecule has 3 saturated heterocycles. The summed E-state index contributed by atoms with van der Waals surface area (Å²) in [4.78, 5) is 66.2. The minimum absolute atomic E-state index is 0.0220. The molecule has 0 radical (unpaired) electrons. The SMILES string of the molecule is COC(=O)C[C@H]1C(C)(C)[C@H](OC(C)=O)C[C@@H]2O[C@]34CC(=O)O[C@@H](c5ccco5)[C@]3(C)[C@@H](OC(C)=O)[C@](O)(C(=O)[C@H]4C)[C@@]21C. The summed E-state index contributed by atoms with van der Waals surface area (Å²) in [6.45, 7) is 10.9. The molecule has 1 aromatic rings. The van der Waals surface area contributed by atoms with Crippen LogP contribution in [0.25, 0.3) is 0 Å². The molecule has 0 amide bonds. The summed E-state index contributed by atoms with van der Waals surface area (Å²) >= 11 is 0. The van der Waals surface area contributed by atoms with Gasteiger partial charge in [-0.3, -0.25) is 24.0 Å². The number of carbonyl (C=O) groups is 5. The minimum Gasteiger partial charge on any atom is -0.469 e. The van der Waals surface area contributed by atoms with Crippen molar-refractivity contribution in [3.05, 3.63) is 24.2 Å². The maximum absolute atomic E-state index is 14.7. The molecule has 5 fully saturated rings. The summed E-state index contributed by atoms with van der Waals surface area (Å²) in [7, 11) is 1.23. The maximum atomic E-state index is 14.7. The molecule has 0 unspecified atom stereocenters. The standard InChI is InChI=1S/C31H40O12/c1-15-24(36)31(37)26(41-17(3)33)29(7)25(18-10-9-11-39-18)42-23(35)14-30(15,29)43-21-13-20(40-16(2)32)27(4,5)19(28(21,31)6)12-22(34)38-8/h9-11,15,19-21,25-26,37H,12-14H2,1-8H3/t15-,19+,20-,21+,25+,26-,28-,29-,30+,31-/m1/s1. The van der Waals surface area contributed by atoms with Gasteiger partial charge in [-0.2, -0.15) is 0 Å². The van der Waals surface area contributed by atoms with Crippen LogP contribution in [0, 0.1) is 28.1 Å². The molecule has 4 heterocycles. The smallest absolute Gasteiger partial charge is 0.309 e. The molecule has 5 aliphatic rings. The van der Waals surface area contributed by atoms with Crippen molar-refractivity contribution in [1.29, 1.82) is 0 Å². The highest BCUT2D eigenvalue weighted by molar-refractivity contribution is 5.95. The van der Waals surface area contributed by atoms with E-state index in [1.807, 2.05) is 0 Å². The number of esters is 4. The zero-order valence-electron chi connectivity index (χ0n) is 25.8. The van der Waals surface area contributed by atoms with Crippen molar-refractivity contribution in [2.75, 3.05) is 7.11 Å². The largest absolute Gasteiger partial charge is 0.469 e. The number of Topliss-reactive ketones (excluding diaryl/α,β-unsaturated/α-hetero) is 1. The minimum atomic E-state index is -2.47. The van der Waals surface area contributed by atoms with Gasteiger partial charge in [-0.15, -0.1) is 0 Å². The van der Waals surface area contributed by atoms with E-state index >= 15 is 0 Å². The Morgan fingerprint density at radius 2 is 1.70 bits per heavy atom. The summed E-state index contributed by atoms with van der Waals surface area (Å²) in [5.41, 5.74) is -8.35. The van der Waals surface area contributed by atoms with E-state index in [0.717, 1.165) is 6.92 Å². The van der Waals surface area contributed by atoms with Gasteiger partial charge in [-0.1, -0.05) is 27.7 Å². The van der Waals surface area contributed by atoms with E-state index in [9.17, 15) is 29.1 Å². The van der Waals surface area contributed by atoms with Gasteiger partial charge in [0.15, 0.2) is 23.6 Å². The van der Waals surface area contributed by atoms with Crippen LogP contribution in [0.3, 0.4) is 0 Å². The fourth-order valence-corrected chi connectivity index (χ4v) is 9.02. The lowest BCUT2D eigenvalue weighted by Gasteiger charge is -2.64. The number of hydrogen-bond donors (Lipinski definition) is 1. The topological polar surface area (TPSA) is 165 Å². The number of rotatable bonds is 5. The Morgan fingerprint density at radius 1 is 1.05 bits per heavy atom. The number of cyclic esters (lactones) is 1. The number of furan rings is 1. The highest BCUT2D eigenvalue weighted by atomic mass is 16.6. The molecule has 12 heteroatoms. The van der Waals surface area contributed by atoms with Crippen molar-refractivity contribution < 1.29 is 57.2 Å². The average molecular weight is 605 g/mol. The molecular weight excluding hydrogens is 564 g/mol. The average Bonchev–Trinajstić information content (AvgIpc) is 3.44. The number of methoxy groups -OCH3 is 1. The van der Waals surface area contributed by atoms with Gasteiger partial charge in [0.2, 0.25) is 0 Å². The molecule has 12 nitrogen and oxygen atoms in total. The zero-order chi connectivity index (χ0) is 31.9. The van der Waals surface area contributed by atoms with E-state index in [2.05, 4.69) is 0 Å². The van der Waals surface area contributed by atoms with Crippen molar-refractivity contribution in [2.24, 2.45) is 28.1 Å². The Kier molecular flexibility index (Phi) is 7.17. The lowest BCUT2D eigenvalue weighted by molar-refractivity contribution is -0.294. The van der Waals surface area contributed by atoms with Crippen LogP contribution in [0.5, 0.6) is 0 Å². The molecule has 0 aromatic carbocycles. The Bertz CT molecular complexity index is 1350. The summed E-state index contributed by atoms with van der Waals surface area (Å²) < 4.78 is 35.5. The van der Waals surface area contributed by atoms with Crippen LogP contribution in [0.15, 0.2) is 22.8 Å². The molecule has 2 bridgehead atoms. The van der Waals surface area contributed by atoms with Gasteiger partial charge in [0.1, 0.15) is 17.5 Å².